The minimum Gasteiger partial charge on any atom is -0.481 e. The van der Waals surface area contributed by atoms with Gasteiger partial charge < -0.3 is 19.6 Å². The van der Waals surface area contributed by atoms with Crippen LogP contribution >= 0.6 is 0 Å². The number of nitrogens with one attached hydrogen (secondary N) is 1. The molecule has 194 valence electrons. The number of nitrogens with zero attached hydrogens (tertiary/aromatic N) is 1. The van der Waals surface area contributed by atoms with Crippen molar-refractivity contribution < 1.29 is 23.8 Å². The van der Waals surface area contributed by atoms with Crippen LogP contribution in [0.1, 0.15) is 119 Å². The molecule has 4 atom stereocenters. The Labute approximate surface area is 209 Å². The minimum absolute atomic E-state index is 0.0450. The maximum Gasteiger partial charge on any atom is 0.303 e. The number of unbranched alkanes of at least 4 members (excludes halogenated alkanes) is 3. The number of carboxylic acid groups (broad SMARTS) is 1. The molecule has 2 N–H and O–H groups in total. The molecule has 3 aliphatic rings. The van der Waals surface area contributed by atoms with E-state index in [0.717, 1.165) is 38.0 Å². The lowest BCUT2D eigenvalue weighted by Gasteiger charge is -2.24. The lowest BCUT2D eigenvalue weighted by atomic mass is 9.77. The molecule has 0 unspecified atom stereocenters. The molecule has 35 heavy (non-hydrogen) atoms. The first-order valence-corrected chi connectivity index (χ1v) is 13.9. The van der Waals surface area contributed by atoms with Crippen LogP contribution in [0.15, 0.2) is 22.8 Å². The van der Waals surface area contributed by atoms with Crippen LogP contribution in [0.4, 0.5) is 0 Å². The Hall–Kier alpha value is -2.15. The second-order valence-corrected chi connectivity index (χ2v) is 10.7. The fraction of sp³-hybridized carbons (Fsp3) is 0.750. The second-order valence-electron chi connectivity index (χ2n) is 10.7. The normalized spacial score (nSPS) is 26.5. The molecule has 2 aliphatic heterocycles. The molecule has 1 amide bonds. The van der Waals surface area contributed by atoms with Gasteiger partial charge in [0, 0.05) is 18.9 Å². The summed E-state index contributed by atoms with van der Waals surface area (Å²) in [6.07, 6.45) is 22.4. The van der Waals surface area contributed by atoms with Crippen molar-refractivity contribution in [3.63, 3.8) is 0 Å². The van der Waals surface area contributed by atoms with Gasteiger partial charge in [0.1, 0.15) is 6.26 Å². The van der Waals surface area contributed by atoms with Gasteiger partial charge in [-0.15, -0.1) is 0 Å². The molecule has 2 saturated heterocycles. The van der Waals surface area contributed by atoms with Crippen LogP contribution in [0.25, 0.3) is 0 Å². The first kappa shape index (κ1) is 25.9. The highest BCUT2D eigenvalue weighted by Crippen LogP contribution is 2.50. The van der Waals surface area contributed by atoms with E-state index in [1.807, 2.05) is 6.08 Å². The molecule has 3 fully saturated rings. The summed E-state index contributed by atoms with van der Waals surface area (Å²) in [7, 11) is 0. The first-order chi connectivity index (χ1) is 17.1. The van der Waals surface area contributed by atoms with Crippen LogP contribution in [0.3, 0.4) is 0 Å². The fourth-order valence-corrected chi connectivity index (χ4v) is 6.22. The van der Waals surface area contributed by atoms with Crippen molar-refractivity contribution in [3.05, 3.63) is 30.0 Å². The molecule has 0 aromatic carbocycles. The number of aliphatic carboxylic acids is 1. The molecule has 7 heteroatoms. The van der Waals surface area contributed by atoms with Crippen LogP contribution in [-0.2, 0) is 9.53 Å². The van der Waals surface area contributed by atoms with E-state index in [9.17, 15) is 9.59 Å². The highest BCUT2D eigenvalue weighted by molar-refractivity contribution is 5.91. The van der Waals surface area contributed by atoms with Crippen LogP contribution < -0.4 is 5.32 Å². The van der Waals surface area contributed by atoms with E-state index in [0.29, 0.717) is 24.6 Å². The van der Waals surface area contributed by atoms with Gasteiger partial charge in [-0.25, -0.2) is 4.98 Å². The Kier molecular flexibility index (Phi) is 9.81. The number of rotatable bonds is 14. The third-order valence-electron chi connectivity index (χ3n) is 8.11. The van der Waals surface area contributed by atoms with E-state index in [2.05, 4.69) is 16.4 Å². The third-order valence-corrected chi connectivity index (χ3v) is 8.11. The molecule has 3 heterocycles. The van der Waals surface area contributed by atoms with Crippen molar-refractivity contribution >= 4 is 11.9 Å². The largest absolute Gasteiger partial charge is 0.481 e. The molecule has 2 bridgehead atoms. The number of carbonyl (C=O) groups is 2. The van der Waals surface area contributed by atoms with Gasteiger partial charge in [-0.3, -0.25) is 9.59 Å². The molecule has 4 rings (SSSR count). The fourth-order valence-electron chi connectivity index (χ4n) is 6.22. The van der Waals surface area contributed by atoms with Gasteiger partial charge in [0.2, 0.25) is 5.89 Å². The van der Waals surface area contributed by atoms with Gasteiger partial charge in [-0.05, 0) is 38.0 Å². The SMILES string of the molecule is O=C(O)CC/C=C/C[C@@H]1[C@@H](c2nc(C(=O)NCCCCCCC3CCCCC3)co2)[C@H]2CC[C@@H]1O2. The molecule has 0 radical (unpaired) electrons. The number of carboxylic acids is 1. The molecular formula is C28H42N2O5. The number of amides is 1. The van der Waals surface area contributed by atoms with Crippen LogP contribution in [-0.4, -0.2) is 40.7 Å². The first-order valence-electron chi connectivity index (χ1n) is 13.9. The van der Waals surface area contributed by atoms with Gasteiger partial charge in [0.05, 0.1) is 18.1 Å². The summed E-state index contributed by atoms with van der Waals surface area (Å²) in [5.41, 5.74) is 0.343. The number of hydrogen-bond acceptors (Lipinski definition) is 5. The van der Waals surface area contributed by atoms with E-state index < -0.39 is 5.97 Å². The van der Waals surface area contributed by atoms with Gasteiger partial charge in [-0.1, -0.05) is 69.9 Å². The van der Waals surface area contributed by atoms with Crippen molar-refractivity contribution in [2.24, 2.45) is 11.8 Å². The standard InChI is InChI=1S/C28H42N2O5/c31-25(32)15-9-4-8-14-21-23-16-17-24(35-23)26(21)28-30-22(19-34-28)27(33)29-18-10-2-1-5-11-20-12-6-3-7-13-20/h4,8,19-21,23-24,26H,1-3,5-7,9-18H2,(H,29,33)(H,31,32)/b8-4+/t21-,23-,24+,26+/m0/s1. The highest BCUT2D eigenvalue weighted by atomic mass is 16.5. The van der Waals surface area contributed by atoms with Crippen molar-refractivity contribution in [2.75, 3.05) is 6.54 Å². The van der Waals surface area contributed by atoms with Crippen molar-refractivity contribution in [2.45, 2.75) is 114 Å². The molecular weight excluding hydrogens is 444 g/mol. The monoisotopic (exact) mass is 486 g/mol. The highest BCUT2D eigenvalue weighted by Gasteiger charge is 2.51. The molecule has 1 aromatic heterocycles. The summed E-state index contributed by atoms with van der Waals surface area (Å²) in [6, 6.07) is 0. The number of fused-ring (bicyclic) bond motifs is 2. The number of hydrogen-bond donors (Lipinski definition) is 2. The lowest BCUT2D eigenvalue weighted by Crippen LogP contribution is -2.26. The van der Waals surface area contributed by atoms with Crippen LogP contribution in [0.2, 0.25) is 0 Å². The zero-order chi connectivity index (χ0) is 24.5. The third kappa shape index (κ3) is 7.42. The number of ether oxygens (including phenoxy) is 1. The molecule has 1 aliphatic carbocycles. The Morgan fingerprint density at radius 2 is 1.83 bits per heavy atom. The van der Waals surface area contributed by atoms with Crippen molar-refractivity contribution in [1.82, 2.24) is 10.3 Å². The Morgan fingerprint density at radius 3 is 2.66 bits per heavy atom. The van der Waals surface area contributed by atoms with E-state index >= 15 is 0 Å². The summed E-state index contributed by atoms with van der Waals surface area (Å²) in [4.78, 5) is 27.8. The maximum atomic E-state index is 12.6. The van der Waals surface area contributed by atoms with Crippen molar-refractivity contribution in [1.29, 1.82) is 0 Å². The quantitative estimate of drug-likeness (QED) is 0.247. The summed E-state index contributed by atoms with van der Waals surface area (Å²) in [5.74, 6) is 0.890. The average Bonchev–Trinajstić information content (AvgIpc) is 3.60. The molecule has 7 nitrogen and oxygen atoms in total. The topological polar surface area (TPSA) is 102 Å². The van der Waals surface area contributed by atoms with Gasteiger partial charge >= 0.3 is 5.97 Å². The zero-order valence-electron chi connectivity index (χ0n) is 21.0. The Morgan fingerprint density at radius 1 is 1.03 bits per heavy atom. The summed E-state index contributed by atoms with van der Waals surface area (Å²) in [6.45, 7) is 0.672. The number of carbonyl (C=O) groups excluding carboxylic acids is 1. The summed E-state index contributed by atoms with van der Waals surface area (Å²) in [5, 5.41) is 11.8. The van der Waals surface area contributed by atoms with E-state index in [1.54, 1.807) is 0 Å². The van der Waals surface area contributed by atoms with E-state index in [1.165, 1.54) is 57.6 Å². The van der Waals surface area contributed by atoms with Gasteiger partial charge in [0.25, 0.3) is 5.91 Å². The molecule has 1 saturated carbocycles. The van der Waals surface area contributed by atoms with E-state index in [-0.39, 0.29) is 36.4 Å². The van der Waals surface area contributed by atoms with E-state index in [4.69, 9.17) is 14.3 Å². The predicted octanol–water partition coefficient (Wildman–Crippen LogP) is 6.01. The molecule has 0 spiro atoms. The zero-order valence-corrected chi connectivity index (χ0v) is 21.0. The minimum atomic E-state index is -0.781. The average molecular weight is 487 g/mol. The summed E-state index contributed by atoms with van der Waals surface area (Å²) < 4.78 is 11.9. The van der Waals surface area contributed by atoms with Crippen LogP contribution in [0.5, 0.6) is 0 Å². The van der Waals surface area contributed by atoms with Crippen LogP contribution in [0, 0.1) is 11.8 Å². The Balaban J connectivity index is 1.17. The molecule has 1 aromatic rings. The van der Waals surface area contributed by atoms with Gasteiger partial charge in [0.15, 0.2) is 5.69 Å². The Bertz CT molecular complexity index is 844. The van der Waals surface area contributed by atoms with Crippen molar-refractivity contribution in [3.8, 4) is 0 Å². The number of oxazole rings is 1. The lowest BCUT2D eigenvalue weighted by molar-refractivity contribution is -0.136. The summed E-state index contributed by atoms with van der Waals surface area (Å²) >= 11 is 0. The maximum absolute atomic E-state index is 12.6. The number of aromatic nitrogens is 1. The number of allylic oxidation sites excluding steroid dienone is 2. The second kappa shape index (κ2) is 13.2. The van der Waals surface area contributed by atoms with Gasteiger partial charge in [-0.2, -0.15) is 0 Å². The predicted molar refractivity (Wildman–Crippen MR) is 133 cm³/mol. The smallest absolute Gasteiger partial charge is 0.303 e.